The number of pyridine rings is 1. The van der Waals surface area contributed by atoms with Gasteiger partial charge in [-0.3, -0.25) is 4.98 Å². The van der Waals surface area contributed by atoms with Crippen LogP contribution in [0.3, 0.4) is 0 Å². The average molecular weight is 225 g/mol. The monoisotopic (exact) mass is 224 g/mol. The lowest BCUT2D eigenvalue weighted by Gasteiger charge is -2.04. The van der Waals surface area contributed by atoms with Crippen molar-refractivity contribution in [3.63, 3.8) is 0 Å². The highest BCUT2D eigenvalue weighted by molar-refractivity contribution is 9.10. The SMILES string of the molecule is C#CCCNc1ccncc1Br. The van der Waals surface area contributed by atoms with E-state index in [1.165, 1.54) is 0 Å². The molecule has 2 nitrogen and oxygen atoms in total. The molecule has 1 rings (SSSR count). The van der Waals surface area contributed by atoms with Gasteiger partial charge in [0.25, 0.3) is 0 Å². The van der Waals surface area contributed by atoms with Crippen LogP contribution in [0.4, 0.5) is 5.69 Å². The average Bonchev–Trinajstić information content (AvgIpc) is 2.09. The second-order valence-electron chi connectivity index (χ2n) is 2.24. The third-order valence-electron chi connectivity index (χ3n) is 1.36. The van der Waals surface area contributed by atoms with Gasteiger partial charge in [-0.15, -0.1) is 12.3 Å². The highest BCUT2D eigenvalue weighted by atomic mass is 79.9. The maximum atomic E-state index is 5.12. The summed E-state index contributed by atoms with van der Waals surface area (Å²) in [6, 6.07) is 1.90. The van der Waals surface area contributed by atoms with Crippen molar-refractivity contribution in [1.82, 2.24) is 4.98 Å². The van der Waals surface area contributed by atoms with Gasteiger partial charge < -0.3 is 5.32 Å². The Balaban J connectivity index is 2.53. The normalized spacial score (nSPS) is 9.00. The molecule has 1 aromatic rings. The number of hydrogen-bond acceptors (Lipinski definition) is 2. The van der Waals surface area contributed by atoms with Gasteiger partial charge in [-0.1, -0.05) is 0 Å². The van der Waals surface area contributed by atoms with E-state index in [1.54, 1.807) is 12.4 Å². The summed E-state index contributed by atoms with van der Waals surface area (Å²) in [4.78, 5) is 3.95. The third-order valence-corrected chi connectivity index (χ3v) is 1.99. The first kappa shape index (κ1) is 9.08. The maximum absolute atomic E-state index is 5.12. The Morgan fingerprint density at radius 2 is 2.50 bits per heavy atom. The van der Waals surface area contributed by atoms with E-state index < -0.39 is 0 Å². The van der Waals surface area contributed by atoms with Crippen molar-refractivity contribution >= 4 is 21.6 Å². The summed E-state index contributed by atoms with van der Waals surface area (Å²) < 4.78 is 0.960. The fourth-order valence-electron chi connectivity index (χ4n) is 0.788. The summed E-state index contributed by atoms with van der Waals surface area (Å²) in [5.41, 5.74) is 1.03. The Bertz CT molecular complexity index is 291. The van der Waals surface area contributed by atoms with E-state index in [0.717, 1.165) is 23.1 Å². The molecule has 1 aromatic heterocycles. The van der Waals surface area contributed by atoms with Crippen molar-refractivity contribution in [2.75, 3.05) is 11.9 Å². The molecule has 0 aliphatic heterocycles. The van der Waals surface area contributed by atoms with E-state index in [4.69, 9.17) is 6.42 Å². The predicted molar refractivity (Wildman–Crippen MR) is 53.9 cm³/mol. The van der Waals surface area contributed by atoms with Crippen LogP contribution in [-0.2, 0) is 0 Å². The van der Waals surface area contributed by atoms with Crippen molar-refractivity contribution in [3.05, 3.63) is 22.9 Å². The quantitative estimate of drug-likeness (QED) is 0.630. The van der Waals surface area contributed by atoms with Gasteiger partial charge >= 0.3 is 0 Å². The van der Waals surface area contributed by atoms with Crippen LogP contribution >= 0.6 is 15.9 Å². The fourth-order valence-corrected chi connectivity index (χ4v) is 1.18. The lowest BCUT2D eigenvalue weighted by atomic mass is 10.4. The lowest BCUT2D eigenvalue weighted by molar-refractivity contribution is 1.09. The Labute approximate surface area is 80.5 Å². The van der Waals surface area contributed by atoms with Crippen molar-refractivity contribution in [2.24, 2.45) is 0 Å². The molecule has 0 aliphatic carbocycles. The number of hydrogen-bond donors (Lipinski definition) is 1. The largest absolute Gasteiger partial charge is 0.383 e. The van der Waals surface area contributed by atoms with Crippen LogP contribution in [-0.4, -0.2) is 11.5 Å². The zero-order chi connectivity index (χ0) is 8.81. The van der Waals surface area contributed by atoms with Crippen molar-refractivity contribution in [2.45, 2.75) is 6.42 Å². The molecule has 0 unspecified atom stereocenters. The minimum atomic E-state index is 0.731. The zero-order valence-electron chi connectivity index (χ0n) is 6.55. The first-order chi connectivity index (χ1) is 5.84. The second kappa shape index (κ2) is 4.78. The van der Waals surface area contributed by atoms with Gasteiger partial charge in [0.15, 0.2) is 0 Å². The Morgan fingerprint density at radius 3 is 3.17 bits per heavy atom. The van der Waals surface area contributed by atoms with E-state index in [9.17, 15) is 0 Å². The first-order valence-corrected chi connectivity index (χ1v) is 4.40. The van der Waals surface area contributed by atoms with Crippen LogP contribution in [0.25, 0.3) is 0 Å². The third kappa shape index (κ3) is 2.55. The van der Waals surface area contributed by atoms with E-state index in [-0.39, 0.29) is 0 Å². The minimum absolute atomic E-state index is 0.731. The lowest BCUT2D eigenvalue weighted by Crippen LogP contribution is -2.00. The number of aromatic nitrogens is 1. The van der Waals surface area contributed by atoms with Gasteiger partial charge in [0.2, 0.25) is 0 Å². The summed E-state index contributed by atoms with van der Waals surface area (Å²) in [5, 5.41) is 3.18. The van der Waals surface area contributed by atoms with Gasteiger partial charge in [0, 0.05) is 25.4 Å². The van der Waals surface area contributed by atoms with Gasteiger partial charge in [-0.25, -0.2) is 0 Å². The molecule has 0 saturated carbocycles. The highest BCUT2D eigenvalue weighted by Crippen LogP contribution is 2.19. The standard InChI is InChI=1S/C9H9BrN2/c1-2-3-5-12-9-4-6-11-7-8(9)10/h1,4,6-7H,3,5H2,(H,11,12). The molecule has 62 valence electrons. The van der Waals surface area contributed by atoms with Crippen LogP contribution in [0, 0.1) is 12.3 Å². The van der Waals surface area contributed by atoms with Crippen molar-refractivity contribution in [3.8, 4) is 12.3 Å². The molecule has 3 heteroatoms. The van der Waals surface area contributed by atoms with Crippen LogP contribution in [0.1, 0.15) is 6.42 Å². The van der Waals surface area contributed by atoms with Gasteiger partial charge in [0.05, 0.1) is 10.2 Å². The number of anilines is 1. The number of terminal acetylenes is 1. The molecular formula is C9H9BrN2. The van der Waals surface area contributed by atoms with Crippen molar-refractivity contribution < 1.29 is 0 Å². The molecule has 0 aliphatic rings. The van der Waals surface area contributed by atoms with E-state index >= 15 is 0 Å². The Hall–Kier alpha value is -1.01. The van der Waals surface area contributed by atoms with E-state index in [2.05, 4.69) is 32.2 Å². The van der Waals surface area contributed by atoms with Gasteiger partial charge in [-0.05, 0) is 22.0 Å². The van der Waals surface area contributed by atoms with Gasteiger partial charge in [0.1, 0.15) is 0 Å². The molecular weight excluding hydrogens is 216 g/mol. The Morgan fingerprint density at radius 1 is 1.67 bits per heavy atom. The van der Waals surface area contributed by atoms with Crippen molar-refractivity contribution in [1.29, 1.82) is 0 Å². The van der Waals surface area contributed by atoms with Crippen LogP contribution in [0.2, 0.25) is 0 Å². The Kier molecular flexibility index (Phi) is 3.62. The fraction of sp³-hybridized carbons (Fsp3) is 0.222. The predicted octanol–water partition coefficient (Wildman–Crippen LogP) is 2.28. The number of nitrogens with zero attached hydrogens (tertiary/aromatic N) is 1. The molecule has 0 spiro atoms. The molecule has 0 fully saturated rings. The number of halogens is 1. The summed E-state index contributed by atoms with van der Waals surface area (Å²) in [6.45, 7) is 0.791. The van der Waals surface area contributed by atoms with E-state index in [0.29, 0.717) is 0 Å². The van der Waals surface area contributed by atoms with Crippen LogP contribution in [0.5, 0.6) is 0 Å². The summed E-state index contributed by atoms with van der Waals surface area (Å²) in [7, 11) is 0. The number of rotatable bonds is 3. The molecule has 0 aromatic carbocycles. The second-order valence-corrected chi connectivity index (χ2v) is 3.09. The minimum Gasteiger partial charge on any atom is -0.383 e. The number of nitrogens with one attached hydrogen (secondary N) is 1. The zero-order valence-corrected chi connectivity index (χ0v) is 8.13. The smallest absolute Gasteiger partial charge is 0.0590 e. The first-order valence-electron chi connectivity index (χ1n) is 3.61. The van der Waals surface area contributed by atoms with E-state index in [1.807, 2.05) is 6.07 Å². The maximum Gasteiger partial charge on any atom is 0.0590 e. The van der Waals surface area contributed by atoms with Crippen LogP contribution < -0.4 is 5.32 Å². The molecule has 0 atom stereocenters. The molecule has 0 bridgehead atoms. The topological polar surface area (TPSA) is 24.9 Å². The molecule has 0 radical (unpaired) electrons. The molecule has 1 heterocycles. The molecule has 1 N–H and O–H groups in total. The summed E-state index contributed by atoms with van der Waals surface area (Å²) in [6.07, 6.45) is 9.33. The molecule has 0 saturated heterocycles. The highest BCUT2D eigenvalue weighted by Gasteiger charge is 1.95. The molecule has 12 heavy (non-hydrogen) atoms. The van der Waals surface area contributed by atoms with Gasteiger partial charge in [-0.2, -0.15) is 0 Å². The molecule has 0 amide bonds. The summed E-state index contributed by atoms with van der Waals surface area (Å²) in [5.74, 6) is 2.56. The summed E-state index contributed by atoms with van der Waals surface area (Å²) >= 11 is 3.37. The van der Waals surface area contributed by atoms with Crippen LogP contribution in [0.15, 0.2) is 22.9 Å².